The molecule has 0 radical (unpaired) electrons. The Hall–Kier alpha value is -3.34. The first kappa shape index (κ1) is 18.5. The highest BCUT2D eigenvalue weighted by molar-refractivity contribution is 5.94. The molecule has 0 aliphatic heterocycles. The van der Waals surface area contributed by atoms with Crippen LogP contribution in [0.4, 0.5) is 13.2 Å². The monoisotopic (exact) mass is 373 g/mol. The Bertz CT molecular complexity index is 1020. The number of rotatable bonds is 5. The molecule has 1 atom stereocenters. The molecule has 5 nitrogen and oxygen atoms in total. The number of ketones is 1. The number of hydrogen-bond donors (Lipinski definition) is 1. The van der Waals surface area contributed by atoms with Gasteiger partial charge in [0.2, 0.25) is 0 Å². The summed E-state index contributed by atoms with van der Waals surface area (Å²) >= 11 is 0. The number of pyridine rings is 1. The molecule has 1 N–H and O–H groups in total. The molecule has 0 amide bonds. The van der Waals surface area contributed by atoms with E-state index in [9.17, 15) is 23.2 Å². The predicted octanol–water partition coefficient (Wildman–Crippen LogP) is 4.01. The number of hydrogen-bond acceptors (Lipinski definition) is 4. The molecule has 3 aromatic rings. The topological polar surface area (TPSA) is 78.8 Å². The molecule has 0 aliphatic rings. The van der Waals surface area contributed by atoms with E-state index in [4.69, 9.17) is 4.74 Å². The van der Waals surface area contributed by atoms with E-state index in [1.165, 1.54) is 7.11 Å². The number of ether oxygens (including phenoxy) is 1. The van der Waals surface area contributed by atoms with Gasteiger partial charge >= 0.3 is 6.18 Å². The summed E-state index contributed by atoms with van der Waals surface area (Å²) in [6, 6.07) is 9.06. The number of fused-ring (bicyclic) bond motifs is 1. The van der Waals surface area contributed by atoms with Crippen molar-refractivity contribution < 1.29 is 22.7 Å². The first-order chi connectivity index (χ1) is 12.8. The van der Waals surface area contributed by atoms with E-state index >= 15 is 0 Å². The summed E-state index contributed by atoms with van der Waals surface area (Å²) in [4.78, 5) is 19.3. The molecule has 3 rings (SSSR count). The standard InChI is InChI=1S/C19H14F3N3O2/c1-27-13-3-5-16-14(7-13)11(9-24-16)6-18(26)15(8-23)17-4-2-12(10-25-17)19(20,21)22/h2-5,7,9-10,15,24H,6H2,1H3. The molecule has 0 bridgehead atoms. The van der Waals surface area contributed by atoms with Crippen LogP contribution in [0.15, 0.2) is 42.7 Å². The first-order valence-corrected chi connectivity index (χ1v) is 7.93. The van der Waals surface area contributed by atoms with Gasteiger partial charge in [0.15, 0.2) is 5.78 Å². The minimum Gasteiger partial charge on any atom is -0.497 e. The minimum atomic E-state index is -4.53. The van der Waals surface area contributed by atoms with Crippen molar-refractivity contribution in [2.24, 2.45) is 0 Å². The number of carbonyl (C=O) groups excluding carboxylic acids is 1. The molecule has 2 aromatic heterocycles. The number of nitrogens with zero attached hydrogens (tertiary/aromatic N) is 2. The van der Waals surface area contributed by atoms with Crippen LogP contribution in [0, 0.1) is 11.3 Å². The van der Waals surface area contributed by atoms with Crippen LogP contribution in [-0.4, -0.2) is 22.9 Å². The van der Waals surface area contributed by atoms with Crippen LogP contribution < -0.4 is 4.74 Å². The second kappa shape index (κ2) is 7.11. The molecular weight excluding hydrogens is 359 g/mol. The van der Waals surface area contributed by atoms with Crippen LogP contribution in [0.2, 0.25) is 0 Å². The van der Waals surface area contributed by atoms with E-state index in [0.717, 1.165) is 23.0 Å². The Balaban J connectivity index is 1.85. The number of Topliss-reactive ketones (excluding diaryl/α,β-unsaturated/α-hetero) is 1. The number of carbonyl (C=O) groups is 1. The summed E-state index contributed by atoms with van der Waals surface area (Å²) < 4.78 is 43.1. The lowest BCUT2D eigenvalue weighted by Crippen LogP contribution is -2.15. The summed E-state index contributed by atoms with van der Waals surface area (Å²) in [6.07, 6.45) is -2.30. The van der Waals surface area contributed by atoms with Gasteiger partial charge in [-0.25, -0.2) is 0 Å². The molecule has 0 saturated carbocycles. The maximum atomic E-state index is 12.6. The maximum absolute atomic E-state index is 12.6. The molecule has 1 unspecified atom stereocenters. The maximum Gasteiger partial charge on any atom is 0.417 e. The zero-order chi connectivity index (χ0) is 19.6. The molecular formula is C19H14F3N3O2. The zero-order valence-corrected chi connectivity index (χ0v) is 14.2. The lowest BCUT2D eigenvalue weighted by atomic mass is 9.95. The van der Waals surface area contributed by atoms with Crippen molar-refractivity contribution in [3.63, 3.8) is 0 Å². The zero-order valence-electron chi connectivity index (χ0n) is 14.2. The first-order valence-electron chi connectivity index (χ1n) is 7.93. The fourth-order valence-corrected chi connectivity index (χ4v) is 2.77. The average molecular weight is 373 g/mol. The largest absolute Gasteiger partial charge is 0.497 e. The number of methoxy groups -OCH3 is 1. The van der Waals surface area contributed by atoms with E-state index in [-0.39, 0.29) is 12.1 Å². The highest BCUT2D eigenvalue weighted by Crippen LogP contribution is 2.30. The van der Waals surface area contributed by atoms with Crippen LogP contribution in [0.25, 0.3) is 10.9 Å². The highest BCUT2D eigenvalue weighted by Gasteiger charge is 2.31. The predicted molar refractivity (Wildman–Crippen MR) is 91.2 cm³/mol. The van der Waals surface area contributed by atoms with E-state index < -0.39 is 23.4 Å². The molecule has 0 spiro atoms. The molecule has 0 saturated heterocycles. The minimum absolute atomic E-state index is 0.00655. The summed E-state index contributed by atoms with van der Waals surface area (Å²) in [6.45, 7) is 0. The molecule has 0 aliphatic carbocycles. The van der Waals surface area contributed by atoms with E-state index in [2.05, 4.69) is 9.97 Å². The Labute approximate surface area is 152 Å². The van der Waals surface area contributed by atoms with Crippen molar-refractivity contribution in [3.8, 4) is 11.8 Å². The molecule has 1 aromatic carbocycles. The van der Waals surface area contributed by atoms with Gasteiger partial charge in [0, 0.05) is 29.7 Å². The van der Waals surface area contributed by atoms with Crippen molar-refractivity contribution >= 4 is 16.7 Å². The van der Waals surface area contributed by atoms with Crippen LogP contribution in [-0.2, 0) is 17.4 Å². The van der Waals surface area contributed by atoms with Crippen molar-refractivity contribution in [2.75, 3.05) is 7.11 Å². The van der Waals surface area contributed by atoms with Gasteiger partial charge in [-0.3, -0.25) is 9.78 Å². The molecule has 138 valence electrons. The Kier molecular flexibility index (Phi) is 4.86. The van der Waals surface area contributed by atoms with Gasteiger partial charge in [0.25, 0.3) is 0 Å². The lowest BCUT2D eigenvalue weighted by Gasteiger charge is -2.10. The normalized spacial score (nSPS) is 12.6. The van der Waals surface area contributed by atoms with E-state index in [1.54, 1.807) is 24.4 Å². The van der Waals surface area contributed by atoms with Crippen LogP contribution in [0.5, 0.6) is 5.75 Å². The Morgan fingerprint density at radius 3 is 2.70 bits per heavy atom. The third kappa shape index (κ3) is 3.77. The van der Waals surface area contributed by atoms with Crippen LogP contribution >= 0.6 is 0 Å². The van der Waals surface area contributed by atoms with E-state index in [1.807, 2.05) is 6.07 Å². The fraction of sp³-hybridized carbons (Fsp3) is 0.211. The number of H-pyrrole nitrogens is 1. The van der Waals surface area contributed by atoms with Crippen LogP contribution in [0.1, 0.15) is 22.7 Å². The van der Waals surface area contributed by atoms with E-state index in [0.29, 0.717) is 17.5 Å². The smallest absolute Gasteiger partial charge is 0.417 e. The number of benzene rings is 1. The molecule has 2 heterocycles. The highest BCUT2D eigenvalue weighted by atomic mass is 19.4. The number of halogens is 3. The fourth-order valence-electron chi connectivity index (χ4n) is 2.77. The van der Waals surface area contributed by atoms with Crippen molar-refractivity contribution in [3.05, 3.63) is 59.5 Å². The van der Waals surface area contributed by atoms with Gasteiger partial charge < -0.3 is 9.72 Å². The Morgan fingerprint density at radius 1 is 1.33 bits per heavy atom. The third-order valence-electron chi connectivity index (χ3n) is 4.20. The lowest BCUT2D eigenvalue weighted by molar-refractivity contribution is -0.137. The Morgan fingerprint density at radius 2 is 2.11 bits per heavy atom. The summed E-state index contributed by atoms with van der Waals surface area (Å²) in [5.41, 5.74) is 0.535. The van der Waals surface area contributed by atoms with Crippen molar-refractivity contribution in [2.45, 2.75) is 18.5 Å². The number of aromatic nitrogens is 2. The van der Waals surface area contributed by atoms with Gasteiger partial charge in [0.1, 0.15) is 11.7 Å². The van der Waals surface area contributed by atoms with Gasteiger partial charge in [-0.2, -0.15) is 18.4 Å². The molecule has 27 heavy (non-hydrogen) atoms. The average Bonchev–Trinajstić information content (AvgIpc) is 3.04. The summed E-state index contributed by atoms with van der Waals surface area (Å²) in [7, 11) is 1.53. The number of alkyl halides is 3. The number of nitriles is 1. The van der Waals surface area contributed by atoms with Crippen molar-refractivity contribution in [1.29, 1.82) is 5.26 Å². The second-order valence-electron chi connectivity index (χ2n) is 5.90. The van der Waals surface area contributed by atoms with Gasteiger partial charge in [0.05, 0.1) is 24.4 Å². The van der Waals surface area contributed by atoms with Crippen molar-refractivity contribution in [1.82, 2.24) is 9.97 Å². The SMILES string of the molecule is COc1ccc2[nH]cc(CC(=O)C(C#N)c3ccc(C(F)(F)F)cn3)c2c1. The summed E-state index contributed by atoms with van der Waals surface area (Å²) in [5.74, 6) is -1.08. The summed E-state index contributed by atoms with van der Waals surface area (Å²) in [5, 5.41) is 10.1. The molecule has 0 fully saturated rings. The quantitative estimate of drug-likeness (QED) is 0.733. The molecule has 8 heteroatoms. The van der Waals surface area contributed by atoms with Gasteiger partial charge in [-0.15, -0.1) is 0 Å². The number of aromatic amines is 1. The third-order valence-corrected chi connectivity index (χ3v) is 4.20. The second-order valence-corrected chi connectivity index (χ2v) is 5.90. The number of nitrogens with one attached hydrogen (secondary N) is 1. The van der Waals surface area contributed by atoms with Gasteiger partial charge in [-0.1, -0.05) is 0 Å². The van der Waals surface area contributed by atoms with Crippen LogP contribution in [0.3, 0.4) is 0 Å². The van der Waals surface area contributed by atoms with Gasteiger partial charge in [-0.05, 0) is 35.9 Å².